The van der Waals surface area contributed by atoms with Gasteiger partial charge in [0.2, 0.25) is 0 Å². The predicted molar refractivity (Wildman–Crippen MR) is 69.9 cm³/mol. The molecule has 0 bridgehead atoms. The van der Waals surface area contributed by atoms with E-state index in [2.05, 4.69) is 4.99 Å². The van der Waals surface area contributed by atoms with Crippen molar-refractivity contribution in [1.82, 2.24) is 0 Å². The summed E-state index contributed by atoms with van der Waals surface area (Å²) in [6.07, 6.45) is -2.87. The molecule has 19 heavy (non-hydrogen) atoms. The number of aryl methyl sites for hydroxylation is 1. The molecule has 1 nitrogen and oxygen atoms in total. The van der Waals surface area contributed by atoms with Gasteiger partial charge < -0.3 is 0 Å². The van der Waals surface area contributed by atoms with Crippen molar-refractivity contribution in [2.45, 2.75) is 13.1 Å². The summed E-state index contributed by atoms with van der Waals surface area (Å²) in [5.41, 5.74) is 1.28. The SMILES string of the molecule is Cc1ccc(C(F)(F)F)cc1C=Nc1ccccc1. The van der Waals surface area contributed by atoms with Gasteiger partial charge in [0.05, 0.1) is 11.3 Å². The highest BCUT2D eigenvalue weighted by Crippen LogP contribution is 2.30. The lowest BCUT2D eigenvalue weighted by molar-refractivity contribution is -0.137. The third-order valence-corrected chi connectivity index (χ3v) is 2.72. The first-order valence-corrected chi connectivity index (χ1v) is 5.74. The summed E-state index contributed by atoms with van der Waals surface area (Å²) in [7, 11) is 0. The lowest BCUT2D eigenvalue weighted by atomic mass is 10.1. The highest BCUT2D eigenvalue weighted by Gasteiger charge is 2.30. The summed E-state index contributed by atoms with van der Waals surface area (Å²) in [5.74, 6) is 0. The molecule has 0 saturated carbocycles. The number of alkyl halides is 3. The molecule has 0 fully saturated rings. The Balaban J connectivity index is 2.32. The standard InChI is InChI=1S/C15H12F3N/c1-11-7-8-13(15(16,17)18)9-12(11)10-19-14-5-3-2-4-6-14/h2-10H,1H3. The molecule has 4 heteroatoms. The molecule has 0 aliphatic rings. The fourth-order valence-electron chi connectivity index (χ4n) is 1.61. The Morgan fingerprint density at radius 3 is 2.32 bits per heavy atom. The first kappa shape index (κ1) is 13.3. The van der Waals surface area contributed by atoms with Gasteiger partial charge in [0.1, 0.15) is 0 Å². The van der Waals surface area contributed by atoms with E-state index >= 15 is 0 Å². The fourth-order valence-corrected chi connectivity index (χ4v) is 1.61. The van der Waals surface area contributed by atoms with Crippen LogP contribution in [0.15, 0.2) is 53.5 Å². The monoisotopic (exact) mass is 263 g/mol. The van der Waals surface area contributed by atoms with Crippen molar-refractivity contribution >= 4 is 11.9 Å². The molecular formula is C15H12F3N. The zero-order chi connectivity index (χ0) is 13.9. The molecule has 98 valence electrons. The van der Waals surface area contributed by atoms with Crippen molar-refractivity contribution in [1.29, 1.82) is 0 Å². The smallest absolute Gasteiger partial charge is 0.256 e. The third-order valence-electron chi connectivity index (χ3n) is 2.72. The van der Waals surface area contributed by atoms with E-state index in [0.717, 1.165) is 17.7 Å². The average molecular weight is 263 g/mol. The zero-order valence-electron chi connectivity index (χ0n) is 10.3. The predicted octanol–water partition coefficient (Wildman–Crippen LogP) is 4.76. The van der Waals surface area contributed by atoms with Crippen LogP contribution in [-0.4, -0.2) is 6.21 Å². The lowest BCUT2D eigenvalue weighted by Crippen LogP contribution is -2.05. The van der Waals surface area contributed by atoms with E-state index < -0.39 is 11.7 Å². The van der Waals surface area contributed by atoms with Gasteiger partial charge in [-0.3, -0.25) is 4.99 Å². The van der Waals surface area contributed by atoms with Gasteiger partial charge in [0, 0.05) is 6.21 Å². The Kier molecular flexibility index (Phi) is 3.69. The third kappa shape index (κ3) is 3.44. The van der Waals surface area contributed by atoms with E-state index in [9.17, 15) is 13.2 Å². The number of benzene rings is 2. The van der Waals surface area contributed by atoms with Gasteiger partial charge in [-0.1, -0.05) is 24.3 Å². The Morgan fingerprint density at radius 1 is 1.00 bits per heavy atom. The molecule has 0 aliphatic heterocycles. The number of hydrogen-bond acceptors (Lipinski definition) is 1. The normalized spacial score (nSPS) is 12.0. The van der Waals surface area contributed by atoms with Gasteiger partial charge in [-0.15, -0.1) is 0 Å². The Morgan fingerprint density at radius 2 is 1.68 bits per heavy atom. The lowest BCUT2D eigenvalue weighted by Gasteiger charge is -2.08. The Hall–Kier alpha value is -2.10. The summed E-state index contributed by atoms with van der Waals surface area (Å²) in [4.78, 5) is 4.17. The van der Waals surface area contributed by atoms with Gasteiger partial charge in [-0.25, -0.2) is 0 Å². The molecule has 0 unspecified atom stereocenters. The molecule has 0 N–H and O–H groups in total. The highest BCUT2D eigenvalue weighted by atomic mass is 19.4. The maximum absolute atomic E-state index is 12.6. The number of nitrogens with zero attached hydrogens (tertiary/aromatic N) is 1. The van der Waals surface area contributed by atoms with Crippen LogP contribution in [-0.2, 0) is 6.18 Å². The van der Waals surface area contributed by atoms with E-state index in [4.69, 9.17) is 0 Å². The van der Waals surface area contributed by atoms with Crippen LogP contribution < -0.4 is 0 Å². The molecule has 0 aromatic heterocycles. The molecule has 0 atom stereocenters. The van der Waals surface area contributed by atoms with Crippen LogP contribution in [0.3, 0.4) is 0 Å². The number of halogens is 3. The fraction of sp³-hybridized carbons (Fsp3) is 0.133. The maximum Gasteiger partial charge on any atom is 0.416 e. The van der Waals surface area contributed by atoms with Crippen LogP contribution in [0.1, 0.15) is 16.7 Å². The van der Waals surface area contributed by atoms with E-state index in [-0.39, 0.29) is 0 Å². The van der Waals surface area contributed by atoms with Gasteiger partial charge in [0.15, 0.2) is 0 Å². The largest absolute Gasteiger partial charge is 0.416 e. The molecule has 0 spiro atoms. The topological polar surface area (TPSA) is 12.4 Å². The minimum atomic E-state index is -4.33. The quantitative estimate of drug-likeness (QED) is 0.692. The van der Waals surface area contributed by atoms with Crippen molar-refractivity contribution in [2.24, 2.45) is 4.99 Å². The summed E-state index contributed by atoms with van der Waals surface area (Å²) in [6, 6.07) is 12.7. The summed E-state index contributed by atoms with van der Waals surface area (Å²) in [6.45, 7) is 1.76. The second-order valence-electron chi connectivity index (χ2n) is 4.16. The molecule has 0 saturated heterocycles. The van der Waals surface area contributed by atoms with E-state index in [1.807, 2.05) is 18.2 Å². The van der Waals surface area contributed by atoms with Crippen LogP contribution in [0.25, 0.3) is 0 Å². The maximum atomic E-state index is 12.6. The van der Waals surface area contributed by atoms with Gasteiger partial charge >= 0.3 is 6.18 Å². The molecule has 0 aliphatic carbocycles. The highest BCUT2D eigenvalue weighted by molar-refractivity contribution is 5.84. The average Bonchev–Trinajstić information content (AvgIpc) is 2.37. The number of hydrogen-bond donors (Lipinski definition) is 0. The van der Waals surface area contributed by atoms with Crippen molar-refractivity contribution in [2.75, 3.05) is 0 Å². The summed E-state index contributed by atoms with van der Waals surface area (Å²) < 4.78 is 37.9. The minimum Gasteiger partial charge on any atom is -0.256 e. The first-order valence-electron chi connectivity index (χ1n) is 5.74. The number of rotatable bonds is 2. The van der Waals surface area contributed by atoms with Crippen molar-refractivity contribution in [3.05, 3.63) is 65.2 Å². The summed E-state index contributed by atoms with van der Waals surface area (Å²) >= 11 is 0. The van der Waals surface area contributed by atoms with Crippen LogP contribution in [0.2, 0.25) is 0 Å². The summed E-state index contributed by atoms with van der Waals surface area (Å²) in [5, 5.41) is 0. The molecule has 0 radical (unpaired) electrons. The van der Waals surface area contributed by atoms with Crippen LogP contribution in [0, 0.1) is 6.92 Å². The Bertz CT molecular complexity index is 586. The Labute approximate surface area is 109 Å². The molecule has 2 rings (SSSR count). The number of aliphatic imine (C=N–C) groups is 1. The van der Waals surface area contributed by atoms with Crippen LogP contribution in [0.5, 0.6) is 0 Å². The van der Waals surface area contributed by atoms with Crippen molar-refractivity contribution in [3.8, 4) is 0 Å². The van der Waals surface area contributed by atoms with E-state index in [0.29, 0.717) is 11.3 Å². The molecular weight excluding hydrogens is 251 g/mol. The molecule has 0 heterocycles. The second-order valence-corrected chi connectivity index (χ2v) is 4.16. The van der Waals surface area contributed by atoms with Gasteiger partial charge in [-0.05, 0) is 42.3 Å². The minimum absolute atomic E-state index is 0.471. The molecule has 2 aromatic carbocycles. The first-order chi connectivity index (χ1) is 8.97. The van der Waals surface area contributed by atoms with E-state index in [1.165, 1.54) is 12.3 Å². The van der Waals surface area contributed by atoms with Crippen LogP contribution in [0.4, 0.5) is 18.9 Å². The van der Waals surface area contributed by atoms with Crippen molar-refractivity contribution in [3.63, 3.8) is 0 Å². The molecule has 2 aromatic rings. The second kappa shape index (κ2) is 5.26. The van der Waals surface area contributed by atoms with Gasteiger partial charge in [-0.2, -0.15) is 13.2 Å². The zero-order valence-corrected chi connectivity index (χ0v) is 10.3. The van der Waals surface area contributed by atoms with Gasteiger partial charge in [0.25, 0.3) is 0 Å². The van der Waals surface area contributed by atoms with E-state index in [1.54, 1.807) is 19.1 Å². The number of para-hydroxylation sites is 1. The van der Waals surface area contributed by atoms with Crippen LogP contribution >= 0.6 is 0 Å². The molecule has 0 amide bonds. The van der Waals surface area contributed by atoms with Crippen molar-refractivity contribution < 1.29 is 13.2 Å².